The molecule has 0 aliphatic carbocycles. The van der Waals surface area contributed by atoms with E-state index in [0.717, 1.165) is 6.08 Å². The molecule has 0 spiro atoms. The number of ketones is 1. The molecule has 5 nitrogen and oxygen atoms in total. The van der Waals surface area contributed by atoms with Crippen molar-refractivity contribution in [3.63, 3.8) is 0 Å². The third-order valence-corrected chi connectivity index (χ3v) is 2.02. The van der Waals surface area contributed by atoms with Crippen molar-refractivity contribution in [1.29, 1.82) is 0 Å². The lowest BCUT2D eigenvalue weighted by atomic mass is 10.1. The summed E-state index contributed by atoms with van der Waals surface area (Å²) in [4.78, 5) is 21.1. The van der Waals surface area contributed by atoms with E-state index in [-0.39, 0.29) is 29.2 Å². The highest BCUT2D eigenvalue weighted by Crippen LogP contribution is 2.23. The van der Waals surface area contributed by atoms with Gasteiger partial charge in [0.2, 0.25) is 0 Å². The maximum atomic E-state index is 11.1. The Labute approximate surface area is 92.2 Å². The Morgan fingerprint density at radius 2 is 2.12 bits per heavy atom. The molecule has 0 saturated carbocycles. The van der Waals surface area contributed by atoms with Gasteiger partial charge in [-0.1, -0.05) is 19.1 Å². The van der Waals surface area contributed by atoms with Crippen LogP contribution in [0.15, 0.2) is 30.3 Å². The number of aliphatic hydroxyl groups is 1. The largest absolute Gasteiger partial charge is 0.507 e. The zero-order chi connectivity index (χ0) is 12.1. The minimum atomic E-state index is -0.601. The van der Waals surface area contributed by atoms with Crippen molar-refractivity contribution in [2.45, 2.75) is 13.3 Å². The predicted octanol–water partition coefficient (Wildman–Crippen LogP) is 2.47. The smallest absolute Gasteiger partial charge is 0.280 e. The summed E-state index contributed by atoms with van der Waals surface area (Å²) in [6.45, 7) is 1.64. The van der Waals surface area contributed by atoms with Crippen molar-refractivity contribution >= 4 is 17.2 Å². The number of rotatable bonds is 4. The lowest BCUT2D eigenvalue weighted by Crippen LogP contribution is -1.97. The van der Waals surface area contributed by atoms with Gasteiger partial charge < -0.3 is 5.11 Å². The maximum absolute atomic E-state index is 11.1. The number of nitro benzene ring substituents is 1. The Morgan fingerprint density at radius 1 is 1.50 bits per heavy atom. The van der Waals surface area contributed by atoms with Crippen molar-refractivity contribution in [3.8, 4) is 0 Å². The first-order chi connectivity index (χ1) is 7.56. The van der Waals surface area contributed by atoms with Crippen LogP contribution >= 0.6 is 0 Å². The van der Waals surface area contributed by atoms with E-state index in [9.17, 15) is 20.0 Å². The normalized spacial score (nSPS) is 11.2. The van der Waals surface area contributed by atoms with Gasteiger partial charge in [0.1, 0.15) is 5.76 Å². The third kappa shape index (κ3) is 2.66. The summed E-state index contributed by atoms with van der Waals surface area (Å²) in [5, 5.41) is 20.3. The SMILES string of the molecule is CCC(=O)C=C(O)c1ccccc1[N+](=O)[O-]. The van der Waals surface area contributed by atoms with E-state index >= 15 is 0 Å². The van der Waals surface area contributed by atoms with Crippen molar-refractivity contribution in [2.75, 3.05) is 0 Å². The van der Waals surface area contributed by atoms with E-state index in [0.29, 0.717) is 0 Å². The summed E-state index contributed by atoms with van der Waals surface area (Å²) in [6.07, 6.45) is 1.24. The van der Waals surface area contributed by atoms with Crippen LogP contribution in [0, 0.1) is 10.1 Å². The number of para-hydroxylation sites is 1. The molecule has 16 heavy (non-hydrogen) atoms. The van der Waals surface area contributed by atoms with E-state index in [1.165, 1.54) is 18.2 Å². The monoisotopic (exact) mass is 221 g/mol. The van der Waals surface area contributed by atoms with E-state index in [1.54, 1.807) is 13.0 Å². The fourth-order valence-corrected chi connectivity index (χ4v) is 1.18. The van der Waals surface area contributed by atoms with Gasteiger partial charge in [-0.2, -0.15) is 0 Å². The molecule has 0 aromatic heterocycles. The van der Waals surface area contributed by atoms with Crippen LogP contribution in [0.25, 0.3) is 5.76 Å². The molecule has 1 N–H and O–H groups in total. The number of hydrogen-bond donors (Lipinski definition) is 1. The van der Waals surface area contributed by atoms with Gasteiger partial charge in [-0.25, -0.2) is 0 Å². The average Bonchev–Trinajstić information content (AvgIpc) is 2.28. The summed E-state index contributed by atoms with van der Waals surface area (Å²) in [7, 11) is 0. The number of nitrogens with zero attached hydrogens (tertiary/aromatic N) is 1. The number of benzene rings is 1. The van der Waals surface area contributed by atoms with E-state index in [1.807, 2.05) is 0 Å². The molecule has 5 heteroatoms. The predicted molar refractivity (Wildman–Crippen MR) is 59.0 cm³/mol. The topological polar surface area (TPSA) is 80.4 Å². The van der Waals surface area contributed by atoms with Gasteiger partial charge in [-0.3, -0.25) is 14.9 Å². The van der Waals surface area contributed by atoms with E-state index in [4.69, 9.17) is 0 Å². The first-order valence-electron chi connectivity index (χ1n) is 4.73. The van der Waals surface area contributed by atoms with Gasteiger partial charge in [-0.15, -0.1) is 0 Å². The summed E-state index contributed by atoms with van der Waals surface area (Å²) in [5.41, 5.74) is -0.172. The molecule has 0 bridgehead atoms. The molecule has 1 aromatic carbocycles. The number of hydrogen-bond acceptors (Lipinski definition) is 4. The zero-order valence-electron chi connectivity index (χ0n) is 8.71. The molecule has 0 heterocycles. The molecule has 0 atom stereocenters. The average molecular weight is 221 g/mol. The highest BCUT2D eigenvalue weighted by atomic mass is 16.6. The number of aliphatic hydroxyl groups excluding tert-OH is 1. The minimum absolute atomic E-state index is 0.0503. The van der Waals surface area contributed by atoms with Crippen molar-refractivity contribution in [1.82, 2.24) is 0 Å². The van der Waals surface area contributed by atoms with Crippen LogP contribution < -0.4 is 0 Å². The Morgan fingerprint density at radius 3 is 2.69 bits per heavy atom. The van der Waals surface area contributed by atoms with Crippen LogP contribution in [0.1, 0.15) is 18.9 Å². The molecule has 0 unspecified atom stereocenters. The molecule has 1 rings (SSSR count). The molecular formula is C11H11NO4. The molecule has 0 aliphatic heterocycles. The molecule has 0 amide bonds. The molecule has 0 saturated heterocycles. The van der Waals surface area contributed by atoms with E-state index < -0.39 is 4.92 Å². The van der Waals surface area contributed by atoms with Gasteiger partial charge in [0.15, 0.2) is 5.78 Å². The summed E-state index contributed by atoms with van der Waals surface area (Å²) >= 11 is 0. The molecule has 0 aliphatic rings. The fourth-order valence-electron chi connectivity index (χ4n) is 1.18. The quantitative estimate of drug-likeness (QED) is 0.366. The molecule has 1 aromatic rings. The first kappa shape index (κ1) is 11.9. The molecular weight excluding hydrogens is 210 g/mol. The molecule has 84 valence electrons. The highest BCUT2D eigenvalue weighted by Gasteiger charge is 2.15. The second-order valence-corrected chi connectivity index (χ2v) is 3.12. The number of nitro groups is 1. The summed E-state index contributed by atoms with van der Waals surface area (Å²) in [6, 6.07) is 5.72. The van der Waals surface area contributed by atoms with Gasteiger partial charge in [0.25, 0.3) is 5.69 Å². The highest BCUT2D eigenvalue weighted by molar-refractivity contribution is 5.95. The van der Waals surface area contributed by atoms with Crippen LogP contribution in [-0.2, 0) is 4.79 Å². The van der Waals surface area contributed by atoms with Crippen LogP contribution in [0.5, 0.6) is 0 Å². The fraction of sp³-hybridized carbons (Fsp3) is 0.182. The summed E-state index contributed by atoms with van der Waals surface area (Å²) in [5.74, 6) is -0.658. The van der Waals surface area contributed by atoms with Gasteiger partial charge in [0, 0.05) is 18.6 Å². The third-order valence-electron chi connectivity index (χ3n) is 2.02. The Bertz CT molecular complexity index is 451. The Kier molecular flexibility index (Phi) is 3.77. The lowest BCUT2D eigenvalue weighted by Gasteiger charge is -2.00. The molecule has 0 fully saturated rings. The second-order valence-electron chi connectivity index (χ2n) is 3.12. The second kappa shape index (κ2) is 5.06. The number of carbonyl (C=O) groups excluding carboxylic acids is 1. The van der Waals surface area contributed by atoms with Crippen LogP contribution in [0.4, 0.5) is 5.69 Å². The van der Waals surface area contributed by atoms with Crippen LogP contribution in [0.2, 0.25) is 0 Å². The summed E-state index contributed by atoms with van der Waals surface area (Å²) < 4.78 is 0. The van der Waals surface area contributed by atoms with Crippen LogP contribution in [0.3, 0.4) is 0 Å². The number of allylic oxidation sites excluding steroid dienone is 1. The first-order valence-corrected chi connectivity index (χ1v) is 4.73. The lowest BCUT2D eigenvalue weighted by molar-refractivity contribution is -0.385. The Hall–Kier alpha value is -2.17. The van der Waals surface area contributed by atoms with Crippen molar-refractivity contribution in [2.24, 2.45) is 0 Å². The maximum Gasteiger partial charge on any atom is 0.280 e. The number of carbonyl (C=O) groups is 1. The van der Waals surface area contributed by atoms with Gasteiger partial charge in [-0.05, 0) is 6.07 Å². The van der Waals surface area contributed by atoms with Crippen LogP contribution in [-0.4, -0.2) is 15.8 Å². The van der Waals surface area contributed by atoms with Gasteiger partial charge >= 0.3 is 0 Å². The Balaban J connectivity index is 3.18. The zero-order valence-corrected chi connectivity index (χ0v) is 8.71. The standard InChI is InChI=1S/C11H11NO4/c1-2-8(13)7-11(14)9-5-3-4-6-10(9)12(15)16/h3-7,14H,2H2,1H3. The van der Waals surface area contributed by atoms with Gasteiger partial charge in [0.05, 0.1) is 10.5 Å². The van der Waals surface area contributed by atoms with E-state index in [2.05, 4.69) is 0 Å². The minimum Gasteiger partial charge on any atom is -0.507 e. The van der Waals surface area contributed by atoms with Crippen molar-refractivity contribution in [3.05, 3.63) is 46.0 Å². The molecule has 0 radical (unpaired) electrons. The van der Waals surface area contributed by atoms with Crippen molar-refractivity contribution < 1.29 is 14.8 Å².